The summed E-state index contributed by atoms with van der Waals surface area (Å²) in [4.78, 5) is 10.6. The Morgan fingerprint density at radius 1 is 1.55 bits per heavy atom. The maximum atomic E-state index is 10.6. The molecule has 1 heterocycles. The third-order valence-electron chi connectivity index (χ3n) is 2.34. The van der Waals surface area contributed by atoms with Crippen LogP contribution in [-0.4, -0.2) is 18.7 Å². The summed E-state index contributed by atoms with van der Waals surface area (Å²) in [5, 5.41) is 2.64. The lowest BCUT2D eigenvalue weighted by Crippen LogP contribution is -2.25. The molecular weight excluding hydrogens is 142 g/mol. The standard InChI is InChI=1S/C8H15NO2/c1-5(2)6(3)7-4-9-8(10)11-7/h5-7H,4H2,1-3H3,(H,9,10). The van der Waals surface area contributed by atoms with Crippen molar-refractivity contribution in [1.82, 2.24) is 5.32 Å². The van der Waals surface area contributed by atoms with Gasteiger partial charge in [-0.3, -0.25) is 0 Å². The minimum Gasteiger partial charge on any atom is -0.444 e. The molecule has 0 aromatic carbocycles. The normalized spacial score (nSPS) is 26.5. The highest BCUT2D eigenvalue weighted by Crippen LogP contribution is 2.19. The van der Waals surface area contributed by atoms with Crippen molar-refractivity contribution < 1.29 is 9.53 Å². The van der Waals surface area contributed by atoms with E-state index >= 15 is 0 Å². The average molecular weight is 157 g/mol. The van der Waals surface area contributed by atoms with Crippen molar-refractivity contribution in [2.24, 2.45) is 11.8 Å². The zero-order valence-corrected chi connectivity index (χ0v) is 7.26. The van der Waals surface area contributed by atoms with Gasteiger partial charge < -0.3 is 10.1 Å². The largest absolute Gasteiger partial charge is 0.444 e. The summed E-state index contributed by atoms with van der Waals surface area (Å²) in [6.45, 7) is 7.04. The van der Waals surface area contributed by atoms with Crippen LogP contribution in [0.1, 0.15) is 20.8 Å². The number of nitrogens with one attached hydrogen (secondary N) is 1. The molecule has 1 N–H and O–H groups in total. The number of carbonyl (C=O) groups is 1. The quantitative estimate of drug-likeness (QED) is 0.657. The van der Waals surface area contributed by atoms with Gasteiger partial charge >= 0.3 is 6.09 Å². The van der Waals surface area contributed by atoms with E-state index in [2.05, 4.69) is 26.1 Å². The Hall–Kier alpha value is -0.730. The van der Waals surface area contributed by atoms with E-state index in [0.29, 0.717) is 18.4 Å². The minimum absolute atomic E-state index is 0.0718. The Labute approximate surface area is 67.1 Å². The molecule has 2 unspecified atom stereocenters. The number of amides is 1. The predicted molar refractivity (Wildman–Crippen MR) is 42.3 cm³/mol. The van der Waals surface area contributed by atoms with E-state index in [9.17, 15) is 4.79 Å². The number of cyclic esters (lactones) is 1. The smallest absolute Gasteiger partial charge is 0.407 e. The molecule has 0 radical (unpaired) electrons. The van der Waals surface area contributed by atoms with Crippen molar-refractivity contribution in [3.63, 3.8) is 0 Å². The molecule has 1 amide bonds. The highest BCUT2D eigenvalue weighted by molar-refractivity contribution is 5.69. The summed E-state index contributed by atoms with van der Waals surface area (Å²) < 4.78 is 5.03. The number of alkyl carbamates (subject to hydrolysis) is 1. The summed E-state index contributed by atoms with van der Waals surface area (Å²) in [7, 11) is 0. The average Bonchev–Trinajstić information content (AvgIpc) is 2.34. The number of ether oxygens (including phenoxy) is 1. The van der Waals surface area contributed by atoms with E-state index in [0.717, 1.165) is 0 Å². The molecule has 0 aromatic rings. The fraction of sp³-hybridized carbons (Fsp3) is 0.875. The molecule has 1 saturated heterocycles. The lowest BCUT2D eigenvalue weighted by atomic mass is 9.92. The fourth-order valence-corrected chi connectivity index (χ4v) is 1.13. The minimum atomic E-state index is -0.275. The van der Waals surface area contributed by atoms with Gasteiger partial charge in [0.25, 0.3) is 0 Å². The molecule has 1 aliphatic rings. The summed E-state index contributed by atoms with van der Waals surface area (Å²) in [5.41, 5.74) is 0. The van der Waals surface area contributed by atoms with Gasteiger partial charge in [-0.15, -0.1) is 0 Å². The van der Waals surface area contributed by atoms with E-state index in [4.69, 9.17) is 4.74 Å². The molecule has 0 aliphatic carbocycles. The van der Waals surface area contributed by atoms with Gasteiger partial charge in [-0.25, -0.2) is 4.79 Å². The van der Waals surface area contributed by atoms with Crippen LogP contribution in [0.2, 0.25) is 0 Å². The first-order valence-corrected chi connectivity index (χ1v) is 4.05. The maximum Gasteiger partial charge on any atom is 0.407 e. The first-order valence-electron chi connectivity index (χ1n) is 4.05. The summed E-state index contributed by atoms with van der Waals surface area (Å²) >= 11 is 0. The first-order chi connectivity index (χ1) is 5.11. The van der Waals surface area contributed by atoms with Crippen molar-refractivity contribution in [2.75, 3.05) is 6.54 Å². The molecule has 0 spiro atoms. The van der Waals surface area contributed by atoms with Crippen molar-refractivity contribution in [1.29, 1.82) is 0 Å². The Kier molecular flexibility index (Phi) is 2.37. The van der Waals surface area contributed by atoms with Crippen LogP contribution in [0.15, 0.2) is 0 Å². The molecule has 1 aliphatic heterocycles. The van der Waals surface area contributed by atoms with Gasteiger partial charge in [0.15, 0.2) is 0 Å². The van der Waals surface area contributed by atoms with Gasteiger partial charge in [0, 0.05) is 0 Å². The van der Waals surface area contributed by atoms with Gasteiger partial charge in [-0.05, 0) is 11.8 Å². The van der Waals surface area contributed by atoms with Gasteiger partial charge in [0.2, 0.25) is 0 Å². The molecule has 0 aromatic heterocycles. The molecular formula is C8H15NO2. The van der Waals surface area contributed by atoms with Crippen LogP contribution in [0.3, 0.4) is 0 Å². The number of rotatable bonds is 2. The molecule has 0 saturated carbocycles. The summed E-state index contributed by atoms with van der Waals surface area (Å²) in [5.74, 6) is 1.00. The van der Waals surface area contributed by atoms with Gasteiger partial charge in [-0.2, -0.15) is 0 Å². The molecule has 3 nitrogen and oxygen atoms in total. The second-order valence-corrected chi connectivity index (χ2v) is 3.43. The molecule has 11 heavy (non-hydrogen) atoms. The number of hydrogen-bond acceptors (Lipinski definition) is 2. The second kappa shape index (κ2) is 3.11. The lowest BCUT2D eigenvalue weighted by molar-refractivity contribution is 0.0940. The zero-order chi connectivity index (χ0) is 8.43. The van der Waals surface area contributed by atoms with Gasteiger partial charge in [0.05, 0.1) is 6.54 Å². The topological polar surface area (TPSA) is 38.3 Å². The number of hydrogen-bond donors (Lipinski definition) is 1. The highest BCUT2D eigenvalue weighted by Gasteiger charge is 2.29. The van der Waals surface area contributed by atoms with Crippen LogP contribution in [0.25, 0.3) is 0 Å². The van der Waals surface area contributed by atoms with E-state index < -0.39 is 0 Å². The maximum absolute atomic E-state index is 10.6. The van der Waals surface area contributed by atoms with Crippen molar-refractivity contribution in [3.05, 3.63) is 0 Å². The molecule has 2 atom stereocenters. The second-order valence-electron chi connectivity index (χ2n) is 3.43. The molecule has 64 valence electrons. The Bertz CT molecular complexity index is 156. The van der Waals surface area contributed by atoms with Gasteiger partial charge in [-0.1, -0.05) is 20.8 Å². The van der Waals surface area contributed by atoms with Crippen molar-refractivity contribution in [2.45, 2.75) is 26.9 Å². The van der Waals surface area contributed by atoms with Crippen LogP contribution in [0.5, 0.6) is 0 Å². The molecule has 0 bridgehead atoms. The molecule has 3 heteroatoms. The van der Waals surface area contributed by atoms with E-state index in [-0.39, 0.29) is 12.2 Å². The Balaban J connectivity index is 2.43. The monoisotopic (exact) mass is 157 g/mol. The van der Waals surface area contributed by atoms with Crippen LogP contribution < -0.4 is 5.32 Å². The van der Waals surface area contributed by atoms with E-state index in [1.807, 2.05) is 0 Å². The van der Waals surface area contributed by atoms with Gasteiger partial charge in [0.1, 0.15) is 6.10 Å². The Morgan fingerprint density at radius 2 is 2.18 bits per heavy atom. The zero-order valence-electron chi connectivity index (χ0n) is 7.26. The van der Waals surface area contributed by atoms with Crippen molar-refractivity contribution in [3.8, 4) is 0 Å². The summed E-state index contributed by atoms with van der Waals surface area (Å²) in [6, 6.07) is 0. The van der Waals surface area contributed by atoms with E-state index in [1.54, 1.807) is 0 Å². The third-order valence-corrected chi connectivity index (χ3v) is 2.34. The van der Waals surface area contributed by atoms with Crippen LogP contribution >= 0.6 is 0 Å². The first kappa shape index (κ1) is 8.37. The Morgan fingerprint density at radius 3 is 2.55 bits per heavy atom. The third kappa shape index (κ3) is 1.85. The molecule has 1 fully saturated rings. The van der Waals surface area contributed by atoms with Crippen LogP contribution in [0.4, 0.5) is 4.79 Å². The summed E-state index contributed by atoms with van der Waals surface area (Å²) in [6.07, 6.45) is -0.204. The van der Waals surface area contributed by atoms with E-state index in [1.165, 1.54) is 0 Å². The van der Waals surface area contributed by atoms with Crippen LogP contribution in [-0.2, 0) is 4.74 Å². The highest BCUT2D eigenvalue weighted by atomic mass is 16.6. The van der Waals surface area contributed by atoms with Crippen LogP contribution in [0, 0.1) is 11.8 Å². The fourth-order valence-electron chi connectivity index (χ4n) is 1.13. The molecule has 1 rings (SSSR count). The van der Waals surface area contributed by atoms with Crippen molar-refractivity contribution >= 4 is 6.09 Å². The SMILES string of the molecule is CC(C)C(C)C1CNC(=O)O1. The lowest BCUT2D eigenvalue weighted by Gasteiger charge is -2.20. The number of carbonyl (C=O) groups excluding carboxylic acids is 1. The predicted octanol–water partition coefficient (Wildman–Crippen LogP) is 1.39.